The molecule has 3 fully saturated rings. The molecule has 454 valence electrons. The first-order chi connectivity index (χ1) is 41.8. The fourth-order valence-electron chi connectivity index (χ4n) is 10.5. The number of aromatic nitrogens is 1. The lowest BCUT2D eigenvalue weighted by atomic mass is 9.92. The quantitative estimate of drug-likeness (QED) is 0.0200. The Morgan fingerprint density at radius 1 is 0.575 bits per heavy atom. The van der Waals surface area contributed by atoms with Gasteiger partial charge in [0.25, 0.3) is 0 Å². The molecule has 4 amide bonds. The second-order valence-electron chi connectivity index (χ2n) is 21.2. The Morgan fingerprint density at radius 3 is 1.72 bits per heavy atom. The summed E-state index contributed by atoms with van der Waals surface area (Å²) in [5.74, 6) is -2.61. The number of nitrogens with one attached hydrogen (secondary N) is 4. The van der Waals surface area contributed by atoms with Crippen molar-refractivity contribution in [1.29, 1.82) is 0 Å². The van der Waals surface area contributed by atoms with Crippen molar-refractivity contribution >= 4 is 35.6 Å². The maximum Gasteiger partial charge on any atom is 0.416 e. The molecule has 0 radical (unpaired) electrons. The first-order valence-electron chi connectivity index (χ1n) is 27.6. The first-order valence-corrected chi connectivity index (χ1v) is 27.6. The van der Waals surface area contributed by atoms with E-state index in [-0.39, 0.29) is 37.5 Å². The minimum atomic E-state index is -4.47. The SMILES string of the molecule is CCOC(=O)[C@@]1(Cc2ccc(Oc3cccc(C(F)(F)F)c3)cc2)C[C@@H]1C(=O)NO.COC(=O)[C@]1(c2cccc(Oc3cccc(C)c3)c2)C[C@H]1C(=O)NO.O=C(NO)[C@H]1C[C@]1(Cc1ccc(OCc2ccccc2)cc1)C(=O)NCc1cccnc1. The van der Waals surface area contributed by atoms with Gasteiger partial charge in [-0.25, -0.2) is 16.4 Å². The maximum atomic E-state index is 13.0. The molecule has 10 rings (SSSR count). The van der Waals surface area contributed by atoms with Crippen LogP contribution in [0.1, 0.15) is 65.1 Å². The molecule has 7 N–H and O–H groups in total. The van der Waals surface area contributed by atoms with E-state index in [1.807, 2.05) is 91.9 Å². The summed E-state index contributed by atoms with van der Waals surface area (Å²) < 4.78 is 65.6. The predicted molar refractivity (Wildman–Crippen MR) is 306 cm³/mol. The Kier molecular flexibility index (Phi) is 20.4. The molecular formula is C65H64F3N5O14. The number of nitrogens with zero attached hydrogens (tertiary/aromatic N) is 1. The number of carbonyl (C=O) groups excluding carboxylic acids is 6. The van der Waals surface area contributed by atoms with E-state index in [0.29, 0.717) is 54.4 Å². The highest BCUT2D eigenvalue weighted by Gasteiger charge is 2.66. The molecular weight excluding hydrogens is 1130 g/mol. The van der Waals surface area contributed by atoms with Crippen LogP contribution in [-0.4, -0.2) is 69.9 Å². The summed E-state index contributed by atoms with van der Waals surface area (Å²) in [5.41, 5.74) is 6.32. The third-order valence-corrected chi connectivity index (χ3v) is 15.4. The van der Waals surface area contributed by atoms with E-state index in [1.165, 1.54) is 19.2 Å². The van der Waals surface area contributed by atoms with Gasteiger partial charge < -0.3 is 29.0 Å². The standard InChI is InChI=1S/C25H25N3O4.C21H20F3NO5.C19H19NO5/c29-23(28-31)22-14-25(22,24(30)27-16-20-7-4-12-26-15-20)13-18-8-10-21(11-9-18)32-17-19-5-2-1-3-6-19;1-2-29-19(27)20(12-17(20)18(26)25-28)11-13-6-8-15(9-7-13)30-16-5-3-4-14(10-16)21(22,23)24;1-12-5-3-7-14(9-12)25-15-8-4-6-13(10-15)19(18(22)24-2)11-16(19)17(21)20-23/h1-12,15,22,31H,13-14,16-17H2,(H,27,30)(H,28,29);3-10,17,28H,2,11-12H2,1H3,(H,25,26);3-10,16,23H,11H2,1-2H3,(H,20,21)/t22-,25+;17-,20+;16-,19-/m110/s1. The van der Waals surface area contributed by atoms with Crippen molar-refractivity contribution in [3.63, 3.8) is 0 Å². The number of aryl methyl sites for hydroxylation is 1. The number of benzene rings is 6. The summed E-state index contributed by atoms with van der Waals surface area (Å²) in [6.07, 6.45) is 0.405. The number of esters is 2. The van der Waals surface area contributed by atoms with Crippen LogP contribution in [0.25, 0.3) is 0 Å². The molecule has 6 aromatic carbocycles. The summed E-state index contributed by atoms with van der Waals surface area (Å²) in [4.78, 5) is 77.4. The van der Waals surface area contributed by atoms with Gasteiger partial charge in [0.1, 0.15) is 40.8 Å². The zero-order valence-corrected chi connectivity index (χ0v) is 47.5. The molecule has 0 aliphatic heterocycles. The molecule has 6 atom stereocenters. The number of amides is 4. The topological polar surface area (TPSA) is 270 Å². The Balaban J connectivity index is 0.000000171. The predicted octanol–water partition coefficient (Wildman–Crippen LogP) is 9.87. The van der Waals surface area contributed by atoms with Gasteiger partial charge in [-0.2, -0.15) is 13.2 Å². The van der Waals surface area contributed by atoms with E-state index in [2.05, 4.69) is 10.3 Å². The average Bonchev–Trinajstić information content (AvgIpc) is 1.64. The Morgan fingerprint density at radius 2 is 1.13 bits per heavy atom. The summed E-state index contributed by atoms with van der Waals surface area (Å²) in [6.45, 7) is 4.60. The van der Waals surface area contributed by atoms with Crippen molar-refractivity contribution in [2.75, 3.05) is 13.7 Å². The minimum Gasteiger partial charge on any atom is -0.489 e. The van der Waals surface area contributed by atoms with Crippen LogP contribution in [0.5, 0.6) is 28.7 Å². The zero-order chi connectivity index (χ0) is 62.4. The van der Waals surface area contributed by atoms with Crippen LogP contribution in [0, 0.1) is 35.5 Å². The van der Waals surface area contributed by atoms with Crippen molar-refractivity contribution in [2.24, 2.45) is 28.6 Å². The average molecular weight is 1200 g/mol. The zero-order valence-electron chi connectivity index (χ0n) is 47.5. The van der Waals surface area contributed by atoms with Crippen LogP contribution in [0.15, 0.2) is 176 Å². The molecule has 0 unspecified atom stereocenters. The lowest BCUT2D eigenvalue weighted by Crippen LogP contribution is -2.37. The van der Waals surface area contributed by atoms with E-state index < -0.39 is 75.4 Å². The van der Waals surface area contributed by atoms with E-state index in [4.69, 9.17) is 39.3 Å². The van der Waals surface area contributed by atoms with Crippen LogP contribution in [0.4, 0.5) is 13.2 Å². The van der Waals surface area contributed by atoms with E-state index in [1.54, 1.807) is 90.4 Å². The molecule has 3 saturated carbocycles. The van der Waals surface area contributed by atoms with Crippen LogP contribution >= 0.6 is 0 Å². The Bertz CT molecular complexity index is 3540. The lowest BCUT2D eigenvalue weighted by molar-refractivity contribution is -0.152. The van der Waals surface area contributed by atoms with Crippen LogP contribution in [-0.2, 0) is 75.8 Å². The summed E-state index contributed by atoms with van der Waals surface area (Å²) >= 11 is 0. The van der Waals surface area contributed by atoms with Gasteiger partial charge in [-0.15, -0.1) is 0 Å². The van der Waals surface area contributed by atoms with Gasteiger partial charge in [0.2, 0.25) is 23.6 Å². The number of rotatable bonds is 21. The molecule has 19 nitrogen and oxygen atoms in total. The number of hydroxylamine groups is 3. The van der Waals surface area contributed by atoms with Gasteiger partial charge in [-0.3, -0.25) is 49.4 Å². The number of halogens is 3. The fraction of sp³-hybridized carbons (Fsp3) is 0.277. The monoisotopic (exact) mass is 1200 g/mol. The van der Waals surface area contributed by atoms with E-state index in [0.717, 1.165) is 40.1 Å². The summed E-state index contributed by atoms with van der Waals surface area (Å²) in [7, 11) is 1.28. The molecule has 3 aliphatic rings. The Labute approximate surface area is 498 Å². The van der Waals surface area contributed by atoms with Crippen LogP contribution in [0.2, 0.25) is 0 Å². The number of carbonyl (C=O) groups is 6. The Hall–Kier alpha value is -9.64. The third kappa shape index (κ3) is 15.6. The van der Waals surface area contributed by atoms with Gasteiger partial charge in [0, 0.05) is 18.9 Å². The highest BCUT2D eigenvalue weighted by atomic mass is 19.4. The highest BCUT2D eigenvalue weighted by Crippen LogP contribution is 2.58. The molecule has 1 heterocycles. The highest BCUT2D eigenvalue weighted by molar-refractivity contribution is 5.98. The molecule has 0 bridgehead atoms. The van der Waals surface area contributed by atoms with Crippen LogP contribution < -0.4 is 36.0 Å². The maximum absolute atomic E-state index is 13.0. The second kappa shape index (κ2) is 28.0. The van der Waals surface area contributed by atoms with Crippen molar-refractivity contribution < 1.29 is 81.2 Å². The molecule has 0 spiro atoms. The number of ether oxygens (including phenoxy) is 5. The fourth-order valence-corrected chi connectivity index (χ4v) is 10.5. The van der Waals surface area contributed by atoms with Crippen molar-refractivity contribution in [2.45, 2.75) is 70.7 Å². The first kappa shape index (κ1) is 63.4. The van der Waals surface area contributed by atoms with Gasteiger partial charge in [-0.05, 0) is 152 Å². The molecule has 0 saturated heterocycles. The number of hydrogen-bond donors (Lipinski definition) is 7. The number of pyridine rings is 1. The lowest BCUT2D eigenvalue weighted by Gasteiger charge is -2.17. The van der Waals surface area contributed by atoms with Crippen molar-refractivity contribution in [1.82, 2.24) is 26.7 Å². The largest absolute Gasteiger partial charge is 0.489 e. The normalized spacial score (nSPS) is 20.2. The van der Waals surface area contributed by atoms with Crippen LogP contribution in [0.3, 0.4) is 0 Å². The summed E-state index contributed by atoms with van der Waals surface area (Å²) in [5, 5.41) is 29.7. The van der Waals surface area contributed by atoms with E-state index >= 15 is 0 Å². The number of hydrogen-bond acceptors (Lipinski definition) is 15. The number of methoxy groups -OCH3 is 1. The molecule has 87 heavy (non-hydrogen) atoms. The molecule has 7 aromatic rings. The van der Waals surface area contributed by atoms with Gasteiger partial charge >= 0.3 is 18.1 Å². The van der Waals surface area contributed by atoms with Gasteiger partial charge in [-0.1, -0.05) is 91.0 Å². The van der Waals surface area contributed by atoms with Gasteiger partial charge in [0.05, 0.1) is 47.9 Å². The van der Waals surface area contributed by atoms with Crippen molar-refractivity contribution in [3.8, 4) is 28.7 Å². The van der Waals surface area contributed by atoms with Gasteiger partial charge in [0.15, 0.2) is 0 Å². The molecule has 3 aliphatic carbocycles. The summed E-state index contributed by atoms with van der Waals surface area (Å²) in [6, 6.07) is 46.8. The second-order valence-corrected chi connectivity index (χ2v) is 21.2. The molecule has 1 aromatic heterocycles. The van der Waals surface area contributed by atoms with Crippen molar-refractivity contribution in [3.05, 3.63) is 215 Å². The van der Waals surface area contributed by atoms with E-state index in [9.17, 15) is 41.9 Å². The molecule has 22 heteroatoms. The minimum absolute atomic E-state index is 0.0439. The smallest absolute Gasteiger partial charge is 0.416 e. The number of alkyl halides is 3. The third-order valence-electron chi connectivity index (χ3n) is 15.4.